The van der Waals surface area contributed by atoms with E-state index in [-0.39, 0.29) is 0 Å². The molecule has 86 valence electrons. The van der Waals surface area contributed by atoms with Crippen LogP contribution in [0, 0.1) is 11.8 Å². The van der Waals surface area contributed by atoms with Gasteiger partial charge in [0.1, 0.15) is 0 Å². The van der Waals surface area contributed by atoms with Crippen molar-refractivity contribution in [2.75, 3.05) is 19.7 Å². The zero-order chi connectivity index (χ0) is 10.8. The molecule has 2 unspecified atom stereocenters. The molecule has 0 spiro atoms. The standard InChI is InChI=1S/C12H27NO/c1-4-6-12(7-8-14)10-13-9-11(3)5-2/h11-14H,4-10H2,1-3H3. The van der Waals surface area contributed by atoms with E-state index in [1.165, 1.54) is 19.3 Å². The predicted molar refractivity (Wildman–Crippen MR) is 62.4 cm³/mol. The van der Waals surface area contributed by atoms with Crippen LogP contribution in [0.1, 0.15) is 46.5 Å². The van der Waals surface area contributed by atoms with Crippen LogP contribution in [0.15, 0.2) is 0 Å². The molecule has 0 radical (unpaired) electrons. The minimum absolute atomic E-state index is 0.329. The third-order valence-electron chi connectivity index (χ3n) is 2.86. The Morgan fingerprint density at radius 3 is 2.36 bits per heavy atom. The number of hydrogen-bond donors (Lipinski definition) is 2. The predicted octanol–water partition coefficient (Wildman–Crippen LogP) is 2.42. The van der Waals surface area contributed by atoms with Crippen molar-refractivity contribution in [1.29, 1.82) is 0 Å². The Bertz CT molecular complexity index is 111. The number of rotatable bonds is 9. The summed E-state index contributed by atoms with van der Waals surface area (Å²) in [5.74, 6) is 1.43. The lowest BCUT2D eigenvalue weighted by atomic mass is 10.00. The Morgan fingerprint density at radius 1 is 1.14 bits per heavy atom. The van der Waals surface area contributed by atoms with Crippen LogP contribution in [0.4, 0.5) is 0 Å². The summed E-state index contributed by atoms with van der Waals surface area (Å²) in [6.07, 6.45) is 4.64. The molecule has 0 saturated heterocycles. The van der Waals surface area contributed by atoms with Gasteiger partial charge in [-0.05, 0) is 37.8 Å². The van der Waals surface area contributed by atoms with Gasteiger partial charge in [0.15, 0.2) is 0 Å². The highest BCUT2D eigenvalue weighted by Gasteiger charge is 2.07. The van der Waals surface area contributed by atoms with Gasteiger partial charge in [-0.1, -0.05) is 33.6 Å². The summed E-state index contributed by atoms with van der Waals surface area (Å²) in [5, 5.41) is 12.4. The number of nitrogens with one attached hydrogen (secondary N) is 1. The second kappa shape index (κ2) is 9.47. The summed E-state index contributed by atoms with van der Waals surface area (Å²) in [6, 6.07) is 0. The first-order valence-corrected chi connectivity index (χ1v) is 6.06. The SMILES string of the molecule is CCCC(CCO)CNCC(C)CC. The summed E-state index contributed by atoms with van der Waals surface area (Å²) < 4.78 is 0. The quantitative estimate of drug-likeness (QED) is 0.600. The summed E-state index contributed by atoms with van der Waals surface area (Å²) >= 11 is 0. The second-order valence-corrected chi connectivity index (χ2v) is 4.34. The maximum atomic E-state index is 8.89. The Kier molecular flexibility index (Phi) is 9.42. The third kappa shape index (κ3) is 7.34. The van der Waals surface area contributed by atoms with Crippen LogP contribution in [-0.4, -0.2) is 24.8 Å². The summed E-state index contributed by atoms with van der Waals surface area (Å²) in [6.45, 7) is 9.22. The first-order valence-electron chi connectivity index (χ1n) is 6.06. The average Bonchev–Trinajstić information content (AvgIpc) is 2.18. The van der Waals surface area contributed by atoms with Crippen LogP contribution in [0.2, 0.25) is 0 Å². The van der Waals surface area contributed by atoms with E-state index < -0.39 is 0 Å². The number of aliphatic hydroxyl groups is 1. The van der Waals surface area contributed by atoms with Gasteiger partial charge in [-0.15, -0.1) is 0 Å². The van der Waals surface area contributed by atoms with E-state index in [4.69, 9.17) is 5.11 Å². The Hall–Kier alpha value is -0.0800. The van der Waals surface area contributed by atoms with Gasteiger partial charge in [0.25, 0.3) is 0 Å². The van der Waals surface area contributed by atoms with Crippen LogP contribution in [0.3, 0.4) is 0 Å². The van der Waals surface area contributed by atoms with Crippen molar-refractivity contribution in [3.63, 3.8) is 0 Å². The second-order valence-electron chi connectivity index (χ2n) is 4.34. The van der Waals surface area contributed by atoms with Gasteiger partial charge in [0.2, 0.25) is 0 Å². The molecule has 0 aliphatic carbocycles. The molecule has 2 nitrogen and oxygen atoms in total. The lowest BCUT2D eigenvalue weighted by molar-refractivity contribution is 0.247. The van der Waals surface area contributed by atoms with Gasteiger partial charge in [-0.2, -0.15) is 0 Å². The van der Waals surface area contributed by atoms with Gasteiger partial charge in [-0.3, -0.25) is 0 Å². The fourth-order valence-corrected chi connectivity index (χ4v) is 1.62. The number of aliphatic hydroxyl groups excluding tert-OH is 1. The first kappa shape index (κ1) is 13.9. The highest BCUT2D eigenvalue weighted by Crippen LogP contribution is 2.09. The molecule has 0 rings (SSSR count). The molecule has 0 aliphatic rings. The van der Waals surface area contributed by atoms with E-state index in [1.807, 2.05) is 0 Å². The molecule has 0 aromatic rings. The van der Waals surface area contributed by atoms with Crippen molar-refractivity contribution in [2.45, 2.75) is 46.5 Å². The van der Waals surface area contributed by atoms with Crippen LogP contribution in [0.25, 0.3) is 0 Å². The molecule has 0 aromatic heterocycles. The van der Waals surface area contributed by atoms with Crippen LogP contribution >= 0.6 is 0 Å². The molecule has 0 aliphatic heterocycles. The van der Waals surface area contributed by atoms with Crippen molar-refractivity contribution in [1.82, 2.24) is 5.32 Å². The molecule has 0 aromatic carbocycles. The lowest BCUT2D eigenvalue weighted by Crippen LogP contribution is -2.27. The van der Waals surface area contributed by atoms with Gasteiger partial charge in [0, 0.05) is 6.61 Å². The van der Waals surface area contributed by atoms with Crippen LogP contribution in [0.5, 0.6) is 0 Å². The Balaban J connectivity index is 3.49. The summed E-state index contributed by atoms with van der Waals surface area (Å²) in [7, 11) is 0. The molecule has 2 atom stereocenters. The number of hydrogen-bond acceptors (Lipinski definition) is 2. The van der Waals surface area contributed by atoms with E-state index in [9.17, 15) is 0 Å². The van der Waals surface area contributed by atoms with Crippen molar-refractivity contribution < 1.29 is 5.11 Å². The van der Waals surface area contributed by atoms with Gasteiger partial charge in [-0.25, -0.2) is 0 Å². The molecular weight excluding hydrogens is 174 g/mol. The lowest BCUT2D eigenvalue weighted by Gasteiger charge is -2.17. The molecule has 0 bridgehead atoms. The maximum Gasteiger partial charge on any atom is 0.0434 e. The molecular formula is C12H27NO. The third-order valence-corrected chi connectivity index (χ3v) is 2.86. The van der Waals surface area contributed by atoms with Crippen molar-refractivity contribution in [3.8, 4) is 0 Å². The van der Waals surface area contributed by atoms with Crippen LogP contribution in [-0.2, 0) is 0 Å². The largest absolute Gasteiger partial charge is 0.396 e. The average molecular weight is 201 g/mol. The van der Waals surface area contributed by atoms with Crippen molar-refractivity contribution in [3.05, 3.63) is 0 Å². The van der Waals surface area contributed by atoms with E-state index in [0.717, 1.165) is 25.4 Å². The molecule has 0 fully saturated rings. The maximum absolute atomic E-state index is 8.89. The van der Waals surface area contributed by atoms with Gasteiger partial charge < -0.3 is 10.4 Å². The van der Waals surface area contributed by atoms with Crippen molar-refractivity contribution >= 4 is 0 Å². The van der Waals surface area contributed by atoms with E-state index >= 15 is 0 Å². The molecule has 0 saturated carbocycles. The van der Waals surface area contributed by atoms with E-state index in [0.29, 0.717) is 12.5 Å². The molecule has 2 heteroatoms. The fourth-order valence-electron chi connectivity index (χ4n) is 1.62. The van der Waals surface area contributed by atoms with Crippen molar-refractivity contribution in [2.24, 2.45) is 11.8 Å². The zero-order valence-corrected chi connectivity index (χ0v) is 10.1. The van der Waals surface area contributed by atoms with E-state index in [2.05, 4.69) is 26.1 Å². The molecule has 2 N–H and O–H groups in total. The van der Waals surface area contributed by atoms with Gasteiger partial charge >= 0.3 is 0 Å². The molecule has 0 amide bonds. The van der Waals surface area contributed by atoms with Crippen LogP contribution < -0.4 is 5.32 Å². The topological polar surface area (TPSA) is 32.3 Å². The van der Waals surface area contributed by atoms with E-state index in [1.54, 1.807) is 0 Å². The minimum Gasteiger partial charge on any atom is -0.396 e. The highest BCUT2D eigenvalue weighted by atomic mass is 16.3. The summed E-state index contributed by atoms with van der Waals surface area (Å²) in [5.41, 5.74) is 0. The fraction of sp³-hybridized carbons (Fsp3) is 1.00. The smallest absolute Gasteiger partial charge is 0.0434 e. The Morgan fingerprint density at radius 2 is 1.86 bits per heavy atom. The molecule has 14 heavy (non-hydrogen) atoms. The van der Waals surface area contributed by atoms with Gasteiger partial charge in [0.05, 0.1) is 0 Å². The minimum atomic E-state index is 0.329. The summed E-state index contributed by atoms with van der Waals surface area (Å²) in [4.78, 5) is 0. The highest BCUT2D eigenvalue weighted by molar-refractivity contribution is 4.63. The normalized spacial score (nSPS) is 15.4. The zero-order valence-electron chi connectivity index (χ0n) is 10.1. The first-order chi connectivity index (χ1) is 6.74. The monoisotopic (exact) mass is 201 g/mol. The Labute approximate surface area is 89.1 Å². The molecule has 0 heterocycles.